The zero-order valence-electron chi connectivity index (χ0n) is 4.12. The predicted molar refractivity (Wildman–Crippen MR) is 26.4 cm³/mol. The second-order valence-electron chi connectivity index (χ2n) is 1.05. The highest BCUT2D eigenvalue weighted by atomic mass is 19.1. The van der Waals surface area contributed by atoms with E-state index < -0.39 is 13.7 Å². The van der Waals surface area contributed by atoms with Crippen molar-refractivity contribution in [3.8, 4) is 0 Å². The molecule has 0 aliphatic heterocycles. The number of alkyl halides is 1. The molecule has 5 heteroatoms. The minimum atomic E-state index is -2.07. The molecule has 8 heavy (non-hydrogen) atoms. The largest absolute Gasteiger partial charge is 0.636 e. The number of halogens is 1. The van der Waals surface area contributed by atoms with Crippen LogP contribution in [0.25, 0.3) is 0 Å². The van der Waals surface area contributed by atoms with Crippen LogP contribution in [-0.2, 0) is 4.65 Å². The molecular formula is C3H6BFO3. The lowest BCUT2D eigenvalue weighted by molar-refractivity contribution is 0.0588. The molecule has 3 nitrogen and oxygen atoms in total. The summed E-state index contributed by atoms with van der Waals surface area (Å²) in [5.41, 5.74) is 0. The molecule has 0 rings (SSSR count). The van der Waals surface area contributed by atoms with Gasteiger partial charge in [0, 0.05) is 0 Å². The topological polar surface area (TPSA) is 49.7 Å². The van der Waals surface area contributed by atoms with Gasteiger partial charge in [-0.2, -0.15) is 0 Å². The Kier molecular flexibility index (Phi) is 3.42. The summed E-state index contributed by atoms with van der Waals surface area (Å²) in [6.45, 7) is 2.99. The Labute approximate surface area is 46.6 Å². The molecule has 2 N–H and O–H groups in total. The Hall–Kier alpha value is -0.385. The van der Waals surface area contributed by atoms with Gasteiger partial charge < -0.3 is 14.7 Å². The summed E-state index contributed by atoms with van der Waals surface area (Å²) >= 11 is 0. The summed E-state index contributed by atoms with van der Waals surface area (Å²) in [4.78, 5) is 0. The lowest BCUT2D eigenvalue weighted by Gasteiger charge is -2.00. The van der Waals surface area contributed by atoms with Crippen molar-refractivity contribution in [1.29, 1.82) is 0 Å². The minimum absolute atomic E-state index is 0.805. The first-order valence-electron chi connectivity index (χ1n) is 1.95. The van der Waals surface area contributed by atoms with Crippen molar-refractivity contribution in [2.75, 3.05) is 0 Å². The molecule has 0 saturated carbocycles. The maximum Gasteiger partial charge on any atom is 0.636 e. The highest BCUT2D eigenvalue weighted by Gasteiger charge is 2.13. The van der Waals surface area contributed by atoms with Crippen molar-refractivity contribution in [2.45, 2.75) is 6.36 Å². The van der Waals surface area contributed by atoms with E-state index in [2.05, 4.69) is 11.2 Å². The van der Waals surface area contributed by atoms with Crippen molar-refractivity contribution in [2.24, 2.45) is 0 Å². The van der Waals surface area contributed by atoms with Gasteiger partial charge in [0.15, 0.2) is 0 Å². The molecule has 0 heterocycles. The molecule has 0 aromatic heterocycles. The molecule has 0 fully saturated rings. The Morgan fingerprint density at radius 2 is 2.25 bits per heavy atom. The molecule has 0 aromatic rings. The maximum atomic E-state index is 11.7. The SMILES string of the molecule is C=CC(F)OB(O)O. The van der Waals surface area contributed by atoms with Gasteiger partial charge in [0.05, 0.1) is 0 Å². The van der Waals surface area contributed by atoms with E-state index in [0.717, 1.165) is 6.08 Å². The third kappa shape index (κ3) is 3.79. The first-order valence-corrected chi connectivity index (χ1v) is 1.95. The second-order valence-corrected chi connectivity index (χ2v) is 1.05. The summed E-state index contributed by atoms with van der Waals surface area (Å²) in [5.74, 6) is 0. The zero-order chi connectivity index (χ0) is 6.57. The van der Waals surface area contributed by atoms with Gasteiger partial charge in [-0.3, -0.25) is 0 Å². The third-order valence-electron chi connectivity index (χ3n) is 0.437. The maximum absolute atomic E-state index is 11.7. The monoisotopic (exact) mass is 120 g/mol. The van der Waals surface area contributed by atoms with Crippen LogP contribution in [0.2, 0.25) is 0 Å². The van der Waals surface area contributed by atoms with E-state index in [9.17, 15) is 4.39 Å². The van der Waals surface area contributed by atoms with Crippen molar-refractivity contribution in [3.63, 3.8) is 0 Å². The standard InChI is InChI=1S/C3H6BFO3/c1-2-3(5)8-4(6)7/h2-3,6-7H,1H2. The summed E-state index contributed by atoms with van der Waals surface area (Å²) < 4.78 is 15.4. The third-order valence-corrected chi connectivity index (χ3v) is 0.437. The molecule has 46 valence electrons. The first kappa shape index (κ1) is 7.61. The number of hydrogen-bond acceptors (Lipinski definition) is 3. The Morgan fingerprint density at radius 3 is 2.38 bits per heavy atom. The van der Waals surface area contributed by atoms with Gasteiger partial charge in [0.1, 0.15) is 0 Å². The normalized spacial score (nSPS) is 12.9. The smallest absolute Gasteiger partial charge is 0.402 e. The van der Waals surface area contributed by atoms with E-state index in [1.807, 2.05) is 0 Å². The van der Waals surface area contributed by atoms with Gasteiger partial charge in [-0.1, -0.05) is 6.58 Å². The van der Waals surface area contributed by atoms with Crippen LogP contribution in [0.5, 0.6) is 0 Å². The first-order chi connectivity index (χ1) is 3.66. The van der Waals surface area contributed by atoms with Gasteiger partial charge in [-0.25, -0.2) is 4.39 Å². The van der Waals surface area contributed by atoms with Gasteiger partial charge in [-0.15, -0.1) is 0 Å². The van der Waals surface area contributed by atoms with Crippen molar-refractivity contribution < 1.29 is 19.1 Å². The van der Waals surface area contributed by atoms with Crippen LogP contribution in [0.4, 0.5) is 4.39 Å². The van der Waals surface area contributed by atoms with Crippen LogP contribution in [-0.4, -0.2) is 23.7 Å². The van der Waals surface area contributed by atoms with Crippen molar-refractivity contribution in [3.05, 3.63) is 12.7 Å². The molecule has 0 aliphatic carbocycles. The lowest BCUT2D eigenvalue weighted by atomic mass is 10.3. The fourth-order valence-corrected chi connectivity index (χ4v) is 0.172. The van der Waals surface area contributed by atoms with E-state index >= 15 is 0 Å². The average Bonchev–Trinajstić information content (AvgIpc) is 1.65. The molecular weight excluding hydrogens is 114 g/mol. The average molecular weight is 120 g/mol. The molecule has 0 saturated heterocycles. The molecule has 0 amide bonds. The summed E-state index contributed by atoms with van der Waals surface area (Å²) in [6, 6.07) is 0. The van der Waals surface area contributed by atoms with E-state index in [-0.39, 0.29) is 0 Å². The molecule has 0 aromatic carbocycles. The quantitative estimate of drug-likeness (QED) is 0.388. The molecule has 1 unspecified atom stereocenters. The van der Waals surface area contributed by atoms with E-state index in [1.165, 1.54) is 0 Å². The molecule has 0 radical (unpaired) electrons. The number of rotatable bonds is 3. The molecule has 0 aliphatic rings. The number of hydrogen-bond donors (Lipinski definition) is 2. The molecule has 0 bridgehead atoms. The van der Waals surface area contributed by atoms with Gasteiger partial charge in [0.2, 0.25) is 6.36 Å². The Morgan fingerprint density at radius 1 is 1.75 bits per heavy atom. The second kappa shape index (κ2) is 3.60. The predicted octanol–water partition coefficient (Wildman–Crippen LogP) is -0.546. The summed E-state index contributed by atoms with van der Waals surface area (Å²) in [6.07, 6.45) is -1.01. The zero-order valence-corrected chi connectivity index (χ0v) is 4.12. The van der Waals surface area contributed by atoms with Gasteiger partial charge in [-0.05, 0) is 6.08 Å². The van der Waals surface area contributed by atoms with Crippen LogP contribution < -0.4 is 0 Å². The fourth-order valence-electron chi connectivity index (χ4n) is 0.172. The lowest BCUT2D eigenvalue weighted by Crippen LogP contribution is -2.21. The van der Waals surface area contributed by atoms with Crippen molar-refractivity contribution >= 4 is 7.32 Å². The van der Waals surface area contributed by atoms with E-state index in [1.54, 1.807) is 0 Å². The highest BCUT2D eigenvalue weighted by molar-refractivity contribution is 6.32. The Bertz CT molecular complexity index is 76.9. The fraction of sp³-hybridized carbons (Fsp3) is 0.333. The van der Waals surface area contributed by atoms with Crippen LogP contribution >= 0.6 is 0 Å². The van der Waals surface area contributed by atoms with Crippen LogP contribution in [0.15, 0.2) is 12.7 Å². The Balaban J connectivity index is 3.23. The minimum Gasteiger partial charge on any atom is -0.402 e. The van der Waals surface area contributed by atoms with Gasteiger partial charge in [0.25, 0.3) is 0 Å². The highest BCUT2D eigenvalue weighted by Crippen LogP contribution is 1.92. The van der Waals surface area contributed by atoms with Crippen molar-refractivity contribution in [1.82, 2.24) is 0 Å². The van der Waals surface area contributed by atoms with Crippen LogP contribution in [0, 0.1) is 0 Å². The molecule has 0 spiro atoms. The summed E-state index contributed by atoms with van der Waals surface area (Å²) in [5, 5.41) is 15.8. The van der Waals surface area contributed by atoms with Crippen LogP contribution in [0.3, 0.4) is 0 Å². The van der Waals surface area contributed by atoms with Crippen LogP contribution in [0.1, 0.15) is 0 Å². The summed E-state index contributed by atoms with van der Waals surface area (Å²) in [7, 11) is -2.07. The molecule has 1 atom stereocenters. The van der Waals surface area contributed by atoms with Gasteiger partial charge >= 0.3 is 7.32 Å². The van der Waals surface area contributed by atoms with E-state index in [4.69, 9.17) is 10.0 Å². The van der Waals surface area contributed by atoms with E-state index in [0.29, 0.717) is 0 Å².